The van der Waals surface area contributed by atoms with Crippen molar-refractivity contribution in [2.24, 2.45) is 0 Å². The molecule has 118 valence electrons. The van der Waals surface area contributed by atoms with E-state index in [-0.39, 0.29) is 24.1 Å². The molecule has 0 aromatic heterocycles. The molecular weight excluding hydrogens is 295 g/mol. The highest BCUT2D eigenvalue weighted by Crippen LogP contribution is 2.35. The third-order valence-corrected chi connectivity index (χ3v) is 3.82. The van der Waals surface area contributed by atoms with E-state index in [1.807, 2.05) is 13.1 Å². The fourth-order valence-electron chi connectivity index (χ4n) is 2.62. The summed E-state index contributed by atoms with van der Waals surface area (Å²) in [4.78, 5) is 12.6. The molecule has 0 unspecified atom stereocenters. The minimum Gasteiger partial charge on any atom is -0.381 e. The molecule has 0 radical (unpaired) electrons. The molecule has 2 N–H and O–H groups in total. The summed E-state index contributed by atoms with van der Waals surface area (Å²) in [6.45, 7) is 2.32. The topological polar surface area (TPSA) is 50.4 Å². The third-order valence-electron chi connectivity index (χ3n) is 3.82. The first-order chi connectivity index (χ1) is 9.69. The van der Waals surface area contributed by atoms with Crippen molar-refractivity contribution in [2.45, 2.75) is 18.3 Å². The first kappa shape index (κ1) is 17.9. The van der Waals surface area contributed by atoms with E-state index in [0.717, 1.165) is 5.56 Å². The van der Waals surface area contributed by atoms with Gasteiger partial charge < -0.3 is 15.4 Å². The zero-order valence-electron chi connectivity index (χ0n) is 12.2. The van der Waals surface area contributed by atoms with Gasteiger partial charge in [-0.15, -0.1) is 12.4 Å². The number of nitrogens with one attached hydrogen (secondary N) is 2. The number of benzene rings is 1. The molecule has 0 saturated carbocycles. The van der Waals surface area contributed by atoms with Crippen LogP contribution in [0.4, 0.5) is 4.39 Å². The molecule has 1 fully saturated rings. The summed E-state index contributed by atoms with van der Waals surface area (Å²) in [5.74, 6) is -0.349. The number of rotatable bonds is 5. The molecule has 1 amide bonds. The van der Waals surface area contributed by atoms with Crippen LogP contribution in [0, 0.1) is 5.82 Å². The van der Waals surface area contributed by atoms with Crippen molar-refractivity contribution in [1.29, 1.82) is 0 Å². The zero-order chi connectivity index (χ0) is 14.4. The van der Waals surface area contributed by atoms with Crippen molar-refractivity contribution < 1.29 is 13.9 Å². The Balaban J connectivity index is 0.00000220. The molecule has 1 saturated heterocycles. The molecule has 1 heterocycles. The minimum atomic E-state index is -0.673. The average Bonchev–Trinajstić information content (AvgIpc) is 2.48. The first-order valence-electron chi connectivity index (χ1n) is 6.96. The second kappa shape index (κ2) is 8.32. The lowest BCUT2D eigenvalue weighted by Crippen LogP contribution is -2.49. The number of ether oxygens (including phenoxy) is 1. The Morgan fingerprint density at radius 3 is 2.67 bits per heavy atom. The molecular formula is C15H22ClFN2O2. The van der Waals surface area contributed by atoms with Gasteiger partial charge in [0.05, 0.1) is 5.41 Å². The molecule has 2 rings (SSSR count). The highest BCUT2D eigenvalue weighted by atomic mass is 35.5. The molecule has 0 spiro atoms. The van der Waals surface area contributed by atoms with Crippen LogP contribution in [0.2, 0.25) is 0 Å². The van der Waals surface area contributed by atoms with Gasteiger partial charge in [0, 0.05) is 26.3 Å². The lowest BCUT2D eigenvalue weighted by atomic mass is 9.73. The van der Waals surface area contributed by atoms with Gasteiger partial charge in [-0.1, -0.05) is 12.1 Å². The van der Waals surface area contributed by atoms with Gasteiger partial charge in [0.1, 0.15) is 5.82 Å². The summed E-state index contributed by atoms with van der Waals surface area (Å²) in [5, 5.41) is 5.92. The molecule has 0 bridgehead atoms. The van der Waals surface area contributed by atoms with E-state index in [2.05, 4.69) is 10.6 Å². The van der Waals surface area contributed by atoms with Crippen molar-refractivity contribution in [1.82, 2.24) is 10.6 Å². The SMILES string of the molecule is CNCCNC(=O)C1(c2cccc(F)c2)CCOCC1.Cl. The zero-order valence-corrected chi connectivity index (χ0v) is 13.0. The van der Waals surface area contributed by atoms with E-state index in [1.54, 1.807) is 6.07 Å². The van der Waals surface area contributed by atoms with Crippen LogP contribution >= 0.6 is 12.4 Å². The Morgan fingerprint density at radius 1 is 1.33 bits per heavy atom. The van der Waals surface area contributed by atoms with Gasteiger partial charge >= 0.3 is 0 Å². The number of likely N-dealkylation sites (N-methyl/N-ethyl adjacent to an activating group) is 1. The number of carbonyl (C=O) groups excluding carboxylic acids is 1. The summed E-state index contributed by atoms with van der Waals surface area (Å²) >= 11 is 0. The molecule has 1 aliphatic heterocycles. The lowest BCUT2D eigenvalue weighted by molar-refractivity contribution is -0.130. The second-order valence-electron chi connectivity index (χ2n) is 5.06. The molecule has 0 atom stereocenters. The van der Waals surface area contributed by atoms with Gasteiger partial charge in [-0.05, 0) is 37.6 Å². The largest absolute Gasteiger partial charge is 0.381 e. The first-order valence-corrected chi connectivity index (χ1v) is 6.96. The maximum atomic E-state index is 13.5. The minimum absolute atomic E-state index is 0. The lowest BCUT2D eigenvalue weighted by Gasteiger charge is -2.36. The number of hydrogen-bond donors (Lipinski definition) is 2. The van der Waals surface area contributed by atoms with E-state index < -0.39 is 5.41 Å². The van der Waals surface area contributed by atoms with Crippen molar-refractivity contribution in [2.75, 3.05) is 33.4 Å². The van der Waals surface area contributed by atoms with Crippen molar-refractivity contribution in [3.05, 3.63) is 35.6 Å². The van der Waals surface area contributed by atoms with E-state index in [9.17, 15) is 9.18 Å². The van der Waals surface area contributed by atoms with Crippen molar-refractivity contribution >= 4 is 18.3 Å². The van der Waals surface area contributed by atoms with Crippen LogP contribution in [0.15, 0.2) is 24.3 Å². The fourth-order valence-corrected chi connectivity index (χ4v) is 2.62. The average molecular weight is 317 g/mol. The van der Waals surface area contributed by atoms with Gasteiger partial charge in [0.25, 0.3) is 0 Å². The van der Waals surface area contributed by atoms with E-state index in [4.69, 9.17) is 4.74 Å². The summed E-state index contributed by atoms with van der Waals surface area (Å²) in [7, 11) is 1.84. The molecule has 21 heavy (non-hydrogen) atoms. The standard InChI is InChI=1S/C15H21FN2O2.ClH/c1-17-7-8-18-14(19)15(5-9-20-10-6-15)12-3-2-4-13(16)11-12;/h2-4,11,17H,5-10H2,1H3,(H,18,19);1H. The monoisotopic (exact) mass is 316 g/mol. The summed E-state index contributed by atoms with van der Waals surface area (Å²) in [6, 6.07) is 6.34. The highest BCUT2D eigenvalue weighted by molar-refractivity contribution is 5.88. The van der Waals surface area contributed by atoms with Crippen molar-refractivity contribution in [3.63, 3.8) is 0 Å². The molecule has 1 aromatic rings. The Bertz CT molecular complexity index is 465. The van der Waals surface area contributed by atoms with Gasteiger partial charge in [-0.2, -0.15) is 0 Å². The van der Waals surface area contributed by atoms with Crippen LogP contribution in [-0.2, 0) is 14.9 Å². The molecule has 6 heteroatoms. The quantitative estimate of drug-likeness (QED) is 0.812. The Kier molecular flexibility index (Phi) is 7.08. The van der Waals surface area contributed by atoms with Gasteiger partial charge in [0.2, 0.25) is 5.91 Å². The Labute approximate surface area is 130 Å². The number of carbonyl (C=O) groups is 1. The van der Waals surface area contributed by atoms with Crippen LogP contribution in [0.3, 0.4) is 0 Å². The predicted molar refractivity (Wildman–Crippen MR) is 82.3 cm³/mol. The van der Waals surface area contributed by atoms with Crippen LogP contribution < -0.4 is 10.6 Å². The fraction of sp³-hybridized carbons (Fsp3) is 0.533. The molecule has 1 aliphatic rings. The number of halogens is 2. The normalized spacial score (nSPS) is 16.9. The van der Waals surface area contributed by atoms with Gasteiger partial charge in [-0.25, -0.2) is 4.39 Å². The summed E-state index contributed by atoms with van der Waals surface area (Å²) in [5.41, 5.74) is 0.0661. The van der Waals surface area contributed by atoms with Crippen LogP contribution in [0.25, 0.3) is 0 Å². The van der Waals surface area contributed by atoms with Crippen LogP contribution in [0.5, 0.6) is 0 Å². The summed E-state index contributed by atoms with van der Waals surface area (Å²) in [6.07, 6.45) is 1.17. The second-order valence-corrected chi connectivity index (χ2v) is 5.06. The molecule has 4 nitrogen and oxygen atoms in total. The predicted octanol–water partition coefficient (Wildman–Crippen LogP) is 1.63. The van der Waals surface area contributed by atoms with Crippen LogP contribution in [0.1, 0.15) is 18.4 Å². The maximum Gasteiger partial charge on any atom is 0.230 e. The molecule has 0 aliphatic carbocycles. The Morgan fingerprint density at radius 2 is 2.05 bits per heavy atom. The maximum absolute atomic E-state index is 13.5. The number of hydrogen-bond acceptors (Lipinski definition) is 3. The van der Waals surface area contributed by atoms with Crippen molar-refractivity contribution in [3.8, 4) is 0 Å². The van der Waals surface area contributed by atoms with E-state index in [1.165, 1.54) is 12.1 Å². The highest BCUT2D eigenvalue weighted by Gasteiger charge is 2.41. The molecule has 1 aromatic carbocycles. The summed E-state index contributed by atoms with van der Waals surface area (Å²) < 4.78 is 18.9. The van der Waals surface area contributed by atoms with Crippen LogP contribution in [-0.4, -0.2) is 39.3 Å². The Hall–Kier alpha value is -1.17. The van der Waals surface area contributed by atoms with Gasteiger partial charge in [0.15, 0.2) is 0 Å². The van der Waals surface area contributed by atoms with E-state index >= 15 is 0 Å². The van der Waals surface area contributed by atoms with E-state index in [0.29, 0.717) is 39.1 Å². The number of amides is 1. The smallest absolute Gasteiger partial charge is 0.230 e. The third kappa shape index (κ3) is 4.15. The van der Waals surface area contributed by atoms with Gasteiger partial charge in [-0.3, -0.25) is 4.79 Å².